The van der Waals surface area contributed by atoms with E-state index in [0.717, 1.165) is 16.7 Å². The minimum atomic E-state index is -0.529. The second-order valence-electron chi connectivity index (χ2n) is 5.10. The van der Waals surface area contributed by atoms with Crippen LogP contribution in [-0.4, -0.2) is 27.2 Å². The van der Waals surface area contributed by atoms with Crippen LogP contribution in [0.1, 0.15) is 0 Å². The molecule has 0 spiro atoms. The number of rotatable bonds is 4. The topological polar surface area (TPSA) is 98.0 Å². The Morgan fingerprint density at radius 2 is 2.35 bits per heavy atom. The Labute approximate surface area is 132 Å². The fraction of sp³-hybridized carbons (Fsp3) is 0.125. The largest absolute Gasteiger partial charge is 0.445 e. The van der Waals surface area contributed by atoms with Gasteiger partial charge in [0, 0.05) is 18.9 Å². The number of benzene rings is 1. The molecule has 7 heteroatoms. The minimum absolute atomic E-state index is 0.164. The molecule has 3 rings (SSSR count). The highest BCUT2D eigenvalue weighted by Crippen LogP contribution is 2.24. The van der Waals surface area contributed by atoms with Crippen LogP contribution in [0.2, 0.25) is 0 Å². The number of hydrogen-bond acceptors (Lipinski definition) is 4. The van der Waals surface area contributed by atoms with E-state index in [1.165, 1.54) is 6.08 Å². The number of aromatic nitrogens is 3. The Morgan fingerprint density at radius 1 is 1.52 bits per heavy atom. The van der Waals surface area contributed by atoms with Crippen LogP contribution in [0.25, 0.3) is 22.6 Å². The number of anilines is 2. The van der Waals surface area contributed by atoms with Crippen molar-refractivity contribution >= 4 is 28.5 Å². The highest BCUT2D eigenvalue weighted by Gasteiger charge is 2.10. The molecule has 7 nitrogen and oxygen atoms in total. The van der Waals surface area contributed by atoms with Crippen molar-refractivity contribution in [3.8, 4) is 11.5 Å². The van der Waals surface area contributed by atoms with Gasteiger partial charge in [0.2, 0.25) is 0 Å². The van der Waals surface area contributed by atoms with Crippen LogP contribution in [0.5, 0.6) is 0 Å². The van der Waals surface area contributed by atoms with Crippen molar-refractivity contribution in [2.75, 3.05) is 17.7 Å². The number of nitrogens with two attached hydrogens (primary N) is 1. The number of aromatic amines is 1. The average Bonchev–Trinajstić information content (AvgIpc) is 3.07. The molecule has 1 aromatic carbocycles. The third-order valence-electron chi connectivity index (χ3n) is 3.33. The van der Waals surface area contributed by atoms with Crippen molar-refractivity contribution in [1.82, 2.24) is 14.5 Å². The summed E-state index contributed by atoms with van der Waals surface area (Å²) in [6.45, 7) is 3.66. The van der Waals surface area contributed by atoms with Crippen LogP contribution in [0, 0.1) is 0 Å². The first kappa shape index (κ1) is 14.7. The molecule has 0 aliphatic heterocycles. The van der Waals surface area contributed by atoms with Gasteiger partial charge in [0.25, 0.3) is 0 Å². The van der Waals surface area contributed by atoms with Crippen LogP contribution in [0.3, 0.4) is 0 Å². The highest BCUT2D eigenvalue weighted by molar-refractivity contribution is 5.89. The van der Waals surface area contributed by atoms with Crippen LogP contribution < -0.4 is 11.1 Å². The lowest BCUT2D eigenvalue weighted by Gasteiger charge is -2.04. The molecule has 2 heterocycles. The SMILES string of the molecule is C=CCOC(=O)Nc1ccc2nc(-c3cc(N)cn3C)[nH]c2c1. The van der Waals surface area contributed by atoms with Gasteiger partial charge in [0.15, 0.2) is 5.82 Å². The number of nitrogens with one attached hydrogen (secondary N) is 2. The Bertz CT molecular complexity index is 878. The summed E-state index contributed by atoms with van der Waals surface area (Å²) in [6, 6.07) is 7.24. The maximum atomic E-state index is 11.6. The van der Waals surface area contributed by atoms with Crippen LogP contribution in [-0.2, 0) is 11.8 Å². The molecule has 0 bridgehead atoms. The van der Waals surface area contributed by atoms with Gasteiger partial charge in [-0.25, -0.2) is 9.78 Å². The number of amides is 1. The number of aryl methyl sites for hydroxylation is 1. The summed E-state index contributed by atoms with van der Waals surface area (Å²) in [4.78, 5) is 19.3. The second kappa shape index (κ2) is 5.88. The molecule has 0 saturated carbocycles. The lowest BCUT2D eigenvalue weighted by atomic mass is 10.3. The molecule has 0 saturated heterocycles. The molecule has 2 aromatic heterocycles. The summed E-state index contributed by atoms with van der Waals surface area (Å²) in [6.07, 6.45) is 2.81. The van der Waals surface area contributed by atoms with Gasteiger partial charge in [-0.1, -0.05) is 12.7 Å². The zero-order valence-corrected chi connectivity index (χ0v) is 12.7. The van der Waals surface area contributed by atoms with Crippen molar-refractivity contribution in [3.05, 3.63) is 43.1 Å². The smallest absolute Gasteiger partial charge is 0.411 e. The quantitative estimate of drug-likeness (QED) is 0.645. The highest BCUT2D eigenvalue weighted by atomic mass is 16.5. The maximum absolute atomic E-state index is 11.6. The zero-order chi connectivity index (χ0) is 16.4. The number of fused-ring (bicyclic) bond motifs is 1. The molecule has 0 atom stereocenters. The molecule has 0 unspecified atom stereocenters. The van der Waals surface area contributed by atoms with Crippen molar-refractivity contribution in [3.63, 3.8) is 0 Å². The molecule has 1 amide bonds. The van der Waals surface area contributed by atoms with Crippen molar-refractivity contribution < 1.29 is 9.53 Å². The lowest BCUT2D eigenvalue weighted by molar-refractivity contribution is 0.174. The van der Waals surface area contributed by atoms with Gasteiger partial charge in [-0.3, -0.25) is 5.32 Å². The molecular weight excluding hydrogens is 294 g/mol. The lowest BCUT2D eigenvalue weighted by Crippen LogP contribution is -2.13. The Morgan fingerprint density at radius 3 is 3.04 bits per heavy atom. The molecule has 3 aromatic rings. The predicted molar refractivity (Wildman–Crippen MR) is 90.1 cm³/mol. The second-order valence-corrected chi connectivity index (χ2v) is 5.10. The van der Waals surface area contributed by atoms with Crippen LogP contribution in [0.4, 0.5) is 16.2 Å². The van der Waals surface area contributed by atoms with Crippen molar-refractivity contribution in [2.24, 2.45) is 7.05 Å². The fourth-order valence-corrected chi connectivity index (χ4v) is 2.32. The van der Waals surface area contributed by atoms with E-state index >= 15 is 0 Å². The van der Waals surface area contributed by atoms with Gasteiger partial charge in [0.05, 0.1) is 22.4 Å². The van der Waals surface area contributed by atoms with Gasteiger partial charge in [0.1, 0.15) is 6.61 Å². The molecular formula is C16H17N5O2. The van der Waals surface area contributed by atoms with E-state index in [4.69, 9.17) is 10.5 Å². The molecule has 118 valence electrons. The monoisotopic (exact) mass is 311 g/mol. The minimum Gasteiger partial charge on any atom is -0.445 e. The van der Waals surface area contributed by atoms with E-state index < -0.39 is 6.09 Å². The average molecular weight is 311 g/mol. The Kier molecular flexibility index (Phi) is 3.76. The van der Waals surface area contributed by atoms with Gasteiger partial charge in [-0.05, 0) is 24.3 Å². The third kappa shape index (κ3) is 3.03. The summed E-state index contributed by atoms with van der Waals surface area (Å²) >= 11 is 0. The van der Waals surface area contributed by atoms with Gasteiger partial charge < -0.3 is 20.0 Å². The summed E-state index contributed by atoms with van der Waals surface area (Å²) in [5.74, 6) is 0.714. The van der Waals surface area contributed by atoms with Gasteiger partial charge in [-0.15, -0.1) is 0 Å². The van der Waals surface area contributed by atoms with E-state index in [9.17, 15) is 4.79 Å². The number of carbonyl (C=O) groups excluding carboxylic acids is 1. The normalized spacial score (nSPS) is 10.7. The zero-order valence-electron chi connectivity index (χ0n) is 12.7. The maximum Gasteiger partial charge on any atom is 0.411 e. The summed E-state index contributed by atoms with van der Waals surface area (Å²) in [5.41, 5.74) is 9.58. The van der Waals surface area contributed by atoms with Gasteiger partial charge in [-0.2, -0.15) is 0 Å². The van der Waals surface area contributed by atoms with E-state index in [-0.39, 0.29) is 6.61 Å². The molecule has 0 aliphatic carbocycles. The predicted octanol–water partition coefficient (Wildman–Crippen LogP) is 2.89. The molecule has 4 N–H and O–H groups in total. The third-order valence-corrected chi connectivity index (χ3v) is 3.33. The Hall–Kier alpha value is -3.22. The molecule has 0 fully saturated rings. The van der Waals surface area contributed by atoms with Crippen molar-refractivity contribution in [2.45, 2.75) is 0 Å². The number of H-pyrrole nitrogens is 1. The van der Waals surface area contributed by atoms with Crippen molar-refractivity contribution in [1.29, 1.82) is 0 Å². The van der Waals surface area contributed by atoms with E-state index in [1.54, 1.807) is 12.1 Å². The number of imidazole rings is 1. The number of nitrogen functional groups attached to an aromatic ring is 1. The first-order chi connectivity index (χ1) is 11.1. The summed E-state index contributed by atoms with van der Waals surface area (Å²) in [5, 5.41) is 2.65. The molecule has 0 radical (unpaired) electrons. The standard InChI is InChI=1S/C16H17N5O2/c1-3-6-23-16(22)18-11-4-5-12-13(8-11)20-15(19-12)14-7-10(17)9-21(14)2/h3-5,7-9H,1,6,17H2,2H3,(H,18,22)(H,19,20). The first-order valence-electron chi connectivity index (χ1n) is 7.03. The van der Waals surface area contributed by atoms with E-state index in [1.807, 2.05) is 29.9 Å². The summed E-state index contributed by atoms with van der Waals surface area (Å²) < 4.78 is 6.79. The number of hydrogen-bond donors (Lipinski definition) is 3. The van der Waals surface area contributed by atoms with E-state index in [2.05, 4.69) is 21.9 Å². The summed E-state index contributed by atoms with van der Waals surface area (Å²) in [7, 11) is 1.90. The van der Waals surface area contributed by atoms with Gasteiger partial charge >= 0.3 is 6.09 Å². The van der Waals surface area contributed by atoms with E-state index in [0.29, 0.717) is 17.2 Å². The number of ether oxygens (including phenoxy) is 1. The number of carbonyl (C=O) groups is 1. The number of nitrogens with zero attached hydrogens (tertiary/aromatic N) is 2. The Balaban J connectivity index is 1.87. The fourth-order valence-electron chi connectivity index (χ4n) is 2.32. The van der Waals surface area contributed by atoms with Crippen LogP contribution in [0.15, 0.2) is 43.1 Å². The first-order valence-corrected chi connectivity index (χ1v) is 7.03. The van der Waals surface area contributed by atoms with Crippen LogP contribution >= 0.6 is 0 Å². The molecule has 23 heavy (non-hydrogen) atoms. The molecule has 0 aliphatic rings.